The lowest BCUT2D eigenvalue weighted by Crippen LogP contribution is -2.47. The smallest absolute Gasteiger partial charge is 0.313 e. The number of carbonyl (C=O) groups is 1. The van der Waals surface area contributed by atoms with E-state index < -0.39 is 10.1 Å². The van der Waals surface area contributed by atoms with E-state index in [4.69, 9.17) is 0 Å². The molecule has 1 unspecified atom stereocenters. The molecular formula is C27H56N2O4S. The molecule has 0 aliphatic carbocycles. The Hall–Kier alpha value is -0.500. The molecule has 0 rings (SSSR count). The lowest BCUT2D eigenvalue weighted by Gasteiger charge is -2.27. The predicted molar refractivity (Wildman–Crippen MR) is 143 cm³/mol. The van der Waals surface area contributed by atoms with Crippen LogP contribution in [0.5, 0.6) is 0 Å². The van der Waals surface area contributed by atoms with E-state index in [0.29, 0.717) is 29.8 Å². The second-order valence-corrected chi connectivity index (χ2v) is 12.3. The largest absolute Gasteiger partial charge is 0.748 e. The van der Waals surface area contributed by atoms with Crippen LogP contribution in [0.1, 0.15) is 129 Å². The highest BCUT2D eigenvalue weighted by Crippen LogP contribution is 2.14. The summed E-state index contributed by atoms with van der Waals surface area (Å²) in [6.07, 6.45) is 21.7. The molecule has 0 aromatic rings. The van der Waals surface area contributed by atoms with E-state index in [9.17, 15) is 17.8 Å². The van der Waals surface area contributed by atoms with Crippen LogP contribution in [-0.2, 0) is 14.9 Å². The minimum absolute atomic E-state index is 0.0182. The summed E-state index contributed by atoms with van der Waals surface area (Å²) in [5, 5.41) is 3.24. The molecule has 0 bridgehead atoms. The summed E-state index contributed by atoms with van der Waals surface area (Å²) in [7, 11) is -0.202. The molecule has 1 atom stereocenters. The Morgan fingerprint density at radius 2 is 1.24 bits per heavy atom. The zero-order valence-electron chi connectivity index (χ0n) is 22.9. The van der Waals surface area contributed by atoms with Gasteiger partial charge in [-0.2, -0.15) is 0 Å². The van der Waals surface area contributed by atoms with Gasteiger partial charge in [0, 0.05) is 24.8 Å². The molecular weight excluding hydrogens is 448 g/mol. The second kappa shape index (κ2) is 20.7. The first-order valence-corrected chi connectivity index (χ1v) is 15.7. The van der Waals surface area contributed by atoms with Gasteiger partial charge in [0.1, 0.15) is 0 Å². The average Bonchev–Trinajstić information content (AvgIpc) is 2.77. The van der Waals surface area contributed by atoms with E-state index in [1.807, 2.05) is 21.0 Å². The van der Waals surface area contributed by atoms with Crippen molar-refractivity contribution in [2.45, 2.75) is 135 Å². The Kier molecular flexibility index (Phi) is 20.4. The Morgan fingerprint density at radius 3 is 1.68 bits per heavy atom. The summed E-state index contributed by atoms with van der Waals surface area (Å²) < 4.78 is 32.5. The molecule has 204 valence electrons. The van der Waals surface area contributed by atoms with Crippen molar-refractivity contribution in [3.8, 4) is 0 Å². The maximum Gasteiger partial charge on any atom is 0.313 e. The van der Waals surface area contributed by atoms with Gasteiger partial charge in [0.2, 0.25) is 0 Å². The lowest BCUT2D eigenvalue weighted by atomic mass is 10.0. The highest BCUT2D eigenvalue weighted by molar-refractivity contribution is 7.85. The average molecular weight is 505 g/mol. The van der Waals surface area contributed by atoms with Crippen LogP contribution in [0.2, 0.25) is 0 Å². The number of unbranched alkanes of at least 4 members (excludes halogenated alkanes) is 14. The minimum Gasteiger partial charge on any atom is -0.748 e. The van der Waals surface area contributed by atoms with Crippen LogP contribution < -0.4 is 5.32 Å². The number of rotatable bonds is 24. The molecule has 34 heavy (non-hydrogen) atoms. The van der Waals surface area contributed by atoms with Crippen LogP contribution in [0.15, 0.2) is 0 Å². The molecule has 0 aromatic carbocycles. The van der Waals surface area contributed by atoms with Crippen molar-refractivity contribution in [1.29, 1.82) is 0 Å². The van der Waals surface area contributed by atoms with Gasteiger partial charge in [0.05, 0.1) is 37.2 Å². The fourth-order valence-electron chi connectivity index (χ4n) is 4.32. The summed E-state index contributed by atoms with van der Waals surface area (Å²) in [6.45, 7) is 5.63. The molecule has 0 saturated heterocycles. The van der Waals surface area contributed by atoms with Crippen molar-refractivity contribution in [2.24, 2.45) is 0 Å². The first-order chi connectivity index (χ1) is 16.1. The number of hydrogen-bond acceptors (Lipinski definition) is 5. The van der Waals surface area contributed by atoms with Gasteiger partial charge >= 0.3 is 5.91 Å². The number of amides is 1. The maximum atomic E-state index is 12.6. The molecule has 0 saturated carbocycles. The number of hydrogen-bond donors (Lipinski definition) is 1. The summed E-state index contributed by atoms with van der Waals surface area (Å²) in [6, 6.07) is -0.0182. The molecule has 1 amide bonds. The first-order valence-electron chi connectivity index (χ1n) is 14.1. The molecule has 0 radical (unpaired) electrons. The maximum absolute atomic E-state index is 12.6. The fraction of sp³-hybridized carbons (Fsp3) is 0.963. The highest BCUT2D eigenvalue weighted by atomic mass is 32.2. The Bertz CT molecular complexity index is 593. The molecule has 0 aliphatic rings. The van der Waals surface area contributed by atoms with Crippen molar-refractivity contribution in [1.82, 2.24) is 5.32 Å². The second-order valence-electron chi connectivity index (χ2n) is 10.8. The molecule has 0 aromatic heterocycles. The van der Waals surface area contributed by atoms with Gasteiger partial charge in [0.25, 0.3) is 0 Å². The third-order valence-corrected chi connectivity index (χ3v) is 7.59. The van der Waals surface area contributed by atoms with Crippen molar-refractivity contribution in [2.75, 3.05) is 32.9 Å². The molecule has 7 heteroatoms. The number of nitrogens with zero attached hydrogens (tertiary/aromatic N) is 1. The van der Waals surface area contributed by atoms with Gasteiger partial charge in [-0.1, -0.05) is 96.8 Å². The monoisotopic (exact) mass is 504 g/mol. The Balaban J connectivity index is 3.59. The van der Waals surface area contributed by atoms with E-state index in [-0.39, 0.29) is 11.8 Å². The van der Waals surface area contributed by atoms with Gasteiger partial charge in [-0.25, -0.2) is 13.2 Å². The van der Waals surface area contributed by atoms with E-state index in [1.54, 1.807) is 0 Å². The summed E-state index contributed by atoms with van der Waals surface area (Å²) in [5.41, 5.74) is 0. The van der Waals surface area contributed by atoms with Crippen molar-refractivity contribution < 1.29 is 22.2 Å². The molecule has 0 spiro atoms. The zero-order valence-corrected chi connectivity index (χ0v) is 23.7. The predicted octanol–water partition coefficient (Wildman–Crippen LogP) is 6.15. The van der Waals surface area contributed by atoms with Crippen molar-refractivity contribution in [3.05, 3.63) is 0 Å². The van der Waals surface area contributed by atoms with Crippen LogP contribution >= 0.6 is 0 Å². The molecule has 6 nitrogen and oxygen atoms in total. The molecule has 0 aliphatic heterocycles. The van der Waals surface area contributed by atoms with Gasteiger partial charge in [0.15, 0.2) is 0 Å². The first kappa shape index (κ1) is 33.5. The van der Waals surface area contributed by atoms with Crippen molar-refractivity contribution in [3.63, 3.8) is 0 Å². The minimum atomic E-state index is -4.15. The Labute approximate surface area is 212 Å². The van der Waals surface area contributed by atoms with E-state index >= 15 is 0 Å². The van der Waals surface area contributed by atoms with E-state index in [1.165, 1.54) is 83.5 Å². The van der Waals surface area contributed by atoms with E-state index in [0.717, 1.165) is 25.8 Å². The normalized spacial score (nSPS) is 13.3. The molecule has 0 heterocycles. The third kappa shape index (κ3) is 22.0. The number of quaternary nitrogens is 1. The number of nitrogens with one attached hydrogen (secondary N) is 1. The number of carbonyl (C=O) groups excluding carboxylic acids is 1. The fourth-order valence-corrected chi connectivity index (χ4v) is 4.96. The van der Waals surface area contributed by atoms with Gasteiger partial charge in [-0.15, -0.1) is 0 Å². The highest BCUT2D eigenvalue weighted by Gasteiger charge is 2.24. The van der Waals surface area contributed by atoms with Gasteiger partial charge < -0.3 is 9.87 Å². The van der Waals surface area contributed by atoms with Crippen LogP contribution in [0.4, 0.5) is 0 Å². The lowest BCUT2D eigenvalue weighted by molar-refractivity contribution is -0.814. The SMILES string of the molecule is CCCCCCCCCCCCCCCCCC(=O)[N+](C)(C)CCCNC(C)CCS(=O)(=O)[O-]. The van der Waals surface area contributed by atoms with Crippen LogP contribution in [0.3, 0.4) is 0 Å². The summed E-state index contributed by atoms with van der Waals surface area (Å²) in [5.74, 6) is -0.0410. The topological polar surface area (TPSA) is 86.3 Å². The van der Waals surface area contributed by atoms with Crippen LogP contribution in [0, 0.1) is 0 Å². The van der Waals surface area contributed by atoms with E-state index in [2.05, 4.69) is 12.2 Å². The van der Waals surface area contributed by atoms with Crippen LogP contribution in [-0.4, -0.2) is 62.3 Å². The Morgan fingerprint density at radius 1 is 0.794 bits per heavy atom. The van der Waals surface area contributed by atoms with Crippen molar-refractivity contribution >= 4 is 16.0 Å². The van der Waals surface area contributed by atoms with Crippen LogP contribution in [0.25, 0.3) is 0 Å². The molecule has 1 N–H and O–H groups in total. The summed E-state index contributed by atoms with van der Waals surface area (Å²) in [4.78, 5) is 12.6. The quantitative estimate of drug-likeness (QED) is 0.0967. The zero-order chi connectivity index (χ0) is 25.7. The van der Waals surface area contributed by atoms with Gasteiger partial charge in [-0.05, 0) is 19.8 Å². The summed E-state index contributed by atoms with van der Waals surface area (Å²) >= 11 is 0. The van der Waals surface area contributed by atoms with Gasteiger partial charge in [-0.3, -0.25) is 4.48 Å². The molecule has 0 fully saturated rings. The third-order valence-electron chi connectivity index (χ3n) is 6.86. The standard InChI is InChI=1S/C27H56N2O4S/c1-5-6-7-8-9-10-11-12-13-14-15-16-17-18-19-21-27(30)29(3,4)24-20-23-28-26(2)22-25-34(31,32)33/h26,28H,5-25H2,1-4H3.